The molecule has 0 amide bonds. The molecule has 0 saturated heterocycles. The molecule has 0 aliphatic heterocycles. The smallest absolute Gasteiger partial charge is 0.119 e. The van der Waals surface area contributed by atoms with E-state index < -0.39 is 7.26 Å². The van der Waals surface area contributed by atoms with Crippen LogP contribution in [0.3, 0.4) is 0 Å². The highest BCUT2D eigenvalue weighted by Gasteiger charge is 2.44. The minimum Gasteiger partial charge on any atom is -0.119 e. The van der Waals surface area contributed by atoms with Gasteiger partial charge >= 0.3 is 0 Å². The fourth-order valence-electron chi connectivity index (χ4n) is 3.11. The first kappa shape index (κ1) is 19.3. The summed E-state index contributed by atoms with van der Waals surface area (Å²) in [6, 6.07) is 33.0. The van der Waals surface area contributed by atoms with E-state index in [0.717, 1.165) is 5.75 Å². The second-order valence-electron chi connectivity index (χ2n) is 5.81. The Balaban J connectivity index is 2.35. The van der Waals surface area contributed by atoms with Crippen LogP contribution in [0.1, 0.15) is 6.92 Å². The molecule has 0 aliphatic carbocycles. The van der Waals surface area contributed by atoms with E-state index in [2.05, 4.69) is 110 Å². The highest BCUT2D eigenvalue weighted by atomic mass is 32.2. The summed E-state index contributed by atoms with van der Waals surface area (Å²) in [6.45, 7) is 2.22. The number of hydrogen-bond acceptors (Lipinski definition) is 2. The van der Waals surface area contributed by atoms with Crippen LogP contribution >= 0.6 is 30.8 Å². The van der Waals surface area contributed by atoms with Crippen molar-refractivity contribution in [3.05, 3.63) is 101 Å². The molecule has 0 nitrogen and oxygen atoms in total. The predicted molar refractivity (Wildman–Crippen MR) is 125 cm³/mol. The maximum absolute atomic E-state index is 2.56. The van der Waals surface area contributed by atoms with Gasteiger partial charge in [-0.05, 0) is 48.4 Å². The Morgan fingerprint density at radius 2 is 1.12 bits per heavy atom. The van der Waals surface area contributed by atoms with Gasteiger partial charge < -0.3 is 0 Å². The molecule has 0 aliphatic rings. The van der Waals surface area contributed by atoms with E-state index in [-0.39, 0.29) is 0 Å². The van der Waals surface area contributed by atoms with Gasteiger partial charge in [0.2, 0.25) is 0 Å². The molecule has 0 radical (unpaired) electrons. The van der Waals surface area contributed by atoms with Crippen LogP contribution in [0, 0.1) is 0 Å². The van der Waals surface area contributed by atoms with Gasteiger partial charge in [0.05, 0.1) is 10.1 Å². The molecule has 0 N–H and O–H groups in total. The van der Waals surface area contributed by atoms with Crippen LogP contribution in [-0.2, 0) is 0 Å². The molecule has 0 saturated carbocycles. The van der Waals surface area contributed by atoms with E-state index in [0.29, 0.717) is 0 Å². The summed E-state index contributed by atoms with van der Waals surface area (Å²) in [5.74, 6) is 3.65. The first-order valence-electron chi connectivity index (χ1n) is 8.76. The van der Waals surface area contributed by atoms with Crippen LogP contribution in [0.5, 0.6) is 0 Å². The van der Waals surface area contributed by atoms with Crippen LogP contribution in [0.4, 0.5) is 0 Å². The highest BCUT2D eigenvalue weighted by molar-refractivity contribution is 8.22. The van der Waals surface area contributed by atoms with E-state index in [1.807, 2.05) is 23.5 Å². The molecule has 0 aromatic heterocycles. The van der Waals surface area contributed by atoms with Gasteiger partial charge in [-0.1, -0.05) is 61.5 Å². The average molecular weight is 396 g/mol. The Labute approximate surface area is 166 Å². The molecular formula is C23H24PS2+. The van der Waals surface area contributed by atoms with Gasteiger partial charge in [-0.3, -0.25) is 0 Å². The van der Waals surface area contributed by atoms with E-state index in [4.69, 9.17) is 0 Å². The molecule has 3 heteroatoms. The Morgan fingerprint density at radius 1 is 0.731 bits per heavy atom. The number of rotatable bonds is 7. The monoisotopic (exact) mass is 395 g/mol. The number of thioether (sulfide) groups is 2. The standard InChI is InChI=1S/C23H24PS2/c1-3-26-23(25-2)19-24(20-13-7-4-8-14-20,21-15-9-5-10-16-21)22-17-11-6-12-18-22/h4-19H,3H2,1-2H3/q+1/b23-19-. The third kappa shape index (κ3) is 4.09. The molecule has 0 unspecified atom stereocenters. The summed E-state index contributed by atoms with van der Waals surface area (Å²) < 4.78 is 1.40. The van der Waals surface area contributed by atoms with Gasteiger partial charge in [0.25, 0.3) is 0 Å². The minimum absolute atomic E-state index is 1.09. The lowest BCUT2D eigenvalue weighted by atomic mass is 10.4. The van der Waals surface area contributed by atoms with Gasteiger partial charge in [-0.2, -0.15) is 0 Å². The topological polar surface area (TPSA) is 0 Å². The molecule has 0 atom stereocenters. The molecule has 0 bridgehead atoms. The zero-order chi connectivity index (χ0) is 18.2. The van der Waals surface area contributed by atoms with Crippen molar-refractivity contribution >= 4 is 46.7 Å². The molecule has 3 aromatic rings. The van der Waals surface area contributed by atoms with E-state index in [1.165, 1.54) is 20.2 Å². The van der Waals surface area contributed by atoms with Crippen molar-refractivity contribution in [1.82, 2.24) is 0 Å². The lowest BCUT2D eigenvalue weighted by molar-refractivity contribution is 1.53. The molecule has 132 valence electrons. The van der Waals surface area contributed by atoms with E-state index >= 15 is 0 Å². The summed E-state index contributed by atoms with van der Waals surface area (Å²) in [4.78, 5) is 0. The molecular weight excluding hydrogens is 371 g/mol. The van der Waals surface area contributed by atoms with Crippen molar-refractivity contribution in [2.45, 2.75) is 6.92 Å². The maximum atomic E-state index is 2.56. The number of hydrogen-bond donors (Lipinski definition) is 0. The van der Waals surface area contributed by atoms with Crippen molar-refractivity contribution in [1.29, 1.82) is 0 Å². The quantitative estimate of drug-likeness (QED) is 0.457. The molecule has 0 fully saturated rings. The Bertz CT molecular complexity index is 733. The van der Waals surface area contributed by atoms with Crippen LogP contribution in [0.2, 0.25) is 0 Å². The van der Waals surface area contributed by atoms with Gasteiger partial charge in [0.15, 0.2) is 0 Å². The van der Waals surface area contributed by atoms with Crippen LogP contribution < -0.4 is 15.9 Å². The van der Waals surface area contributed by atoms with Crippen LogP contribution in [0.25, 0.3) is 0 Å². The summed E-state index contributed by atoms with van der Waals surface area (Å²) in [5, 5.41) is 4.21. The Morgan fingerprint density at radius 3 is 1.42 bits per heavy atom. The third-order valence-electron chi connectivity index (χ3n) is 4.28. The predicted octanol–water partition coefficient (Wildman–Crippen LogP) is 5.90. The Hall–Kier alpha value is -1.47. The average Bonchev–Trinajstić information content (AvgIpc) is 2.73. The summed E-state index contributed by atoms with van der Waals surface area (Å²) in [7, 11) is -1.86. The van der Waals surface area contributed by atoms with E-state index in [1.54, 1.807) is 0 Å². The fraction of sp³-hybridized carbons (Fsp3) is 0.130. The second kappa shape index (κ2) is 9.46. The normalized spacial score (nSPS) is 12.2. The zero-order valence-corrected chi connectivity index (χ0v) is 17.7. The summed E-state index contributed by atoms with van der Waals surface area (Å²) >= 11 is 3.80. The lowest BCUT2D eigenvalue weighted by Gasteiger charge is -2.25. The van der Waals surface area contributed by atoms with Gasteiger partial charge in [-0.25, -0.2) is 0 Å². The van der Waals surface area contributed by atoms with Crippen molar-refractivity contribution in [3.8, 4) is 0 Å². The summed E-state index contributed by atoms with van der Waals surface area (Å²) in [6.07, 6.45) is 2.18. The summed E-state index contributed by atoms with van der Waals surface area (Å²) in [5.41, 5.74) is 0. The first-order chi connectivity index (χ1) is 12.8. The molecule has 0 spiro atoms. The van der Waals surface area contributed by atoms with E-state index in [9.17, 15) is 0 Å². The van der Waals surface area contributed by atoms with Crippen LogP contribution in [0.15, 0.2) is 101 Å². The highest BCUT2D eigenvalue weighted by Crippen LogP contribution is 2.59. The van der Waals surface area contributed by atoms with Crippen molar-refractivity contribution < 1.29 is 0 Å². The van der Waals surface area contributed by atoms with Gasteiger partial charge in [0.1, 0.15) is 23.2 Å². The molecule has 0 heterocycles. The largest absolute Gasteiger partial charge is 0.138 e. The van der Waals surface area contributed by atoms with Gasteiger partial charge in [0, 0.05) is 0 Å². The van der Waals surface area contributed by atoms with Crippen molar-refractivity contribution in [3.63, 3.8) is 0 Å². The zero-order valence-electron chi connectivity index (χ0n) is 15.2. The minimum atomic E-state index is -1.86. The van der Waals surface area contributed by atoms with Crippen LogP contribution in [-0.4, -0.2) is 12.0 Å². The van der Waals surface area contributed by atoms with Gasteiger partial charge in [-0.15, -0.1) is 23.5 Å². The lowest BCUT2D eigenvalue weighted by Crippen LogP contribution is -2.29. The molecule has 26 heavy (non-hydrogen) atoms. The maximum Gasteiger partial charge on any atom is 0.138 e. The van der Waals surface area contributed by atoms with Crippen molar-refractivity contribution in [2.24, 2.45) is 0 Å². The fourth-order valence-corrected chi connectivity index (χ4v) is 9.47. The molecule has 3 aromatic carbocycles. The number of benzene rings is 3. The third-order valence-corrected chi connectivity index (χ3v) is 10.7. The SMILES string of the molecule is CCS/C(=C\[P+](c1ccccc1)(c1ccccc1)c1ccccc1)SC. The Kier molecular flexibility index (Phi) is 7.02. The van der Waals surface area contributed by atoms with Crippen molar-refractivity contribution in [2.75, 3.05) is 12.0 Å². The molecule has 3 rings (SSSR count). The first-order valence-corrected chi connectivity index (χ1v) is 12.8. The second-order valence-corrected chi connectivity index (χ2v) is 11.5.